The lowest BCUT2D eigenvalue weighted by Gasteiger charge is -2.16. The molecule has 1 aliphatic heterocycles. The van der Waals surface area contributed by atoms with Crippen LogP contribution in [-0.4, -0.2) is 58.7 Å². The van der Waals surface area contributed by atoms with Gasteiger partial charge in [-0.2, -0.15) is 0 Å². The predicted octanol–water partition coefficient (Wildman–Crippen LogP) is -0.912. The van der Waals surface area contributed by atoms with Crippen molar-refractivity contribution >= 4 is 5.91 Å². The molecule has 6 heteroatoms. The van der Waals surface area contributed by atoms with Crippen molar-refractivity contribution < 1.29 is 20.1 Å². The van der Waals surface area contributed by atoms with E-state index in [4.69, 9.17) is 5.11 Å². The minimum Gasteiger partial charge on any atom is -0.395 e. The summed E-state index contributed by atoms with van der Waals surface area (Å²) in [6.45, 7) is 3.84. The van der Waals surface area contributed by atoms with Crippen LogP contribution in [0.2, 0.25) is 0 Å². The number of benzene rings is 1. The number of amides is 1. The van der Waals surface area contributed by atoms with Gasteiger partial charge < -0.3 is 26.0 Å². The normalized spacial score (nSPS) is 28.6. The molecule has 0 aliphatic carbocycles. The van der Waals surface area contributed by atoms with Crippen LogP contribution in [0.1, 0.15) is 21.5 Å². The Kier molecular flexibility index (Phi) is 4.95. The highest BCUT2D eigenvalue weighted by molar-refractivity contribution is 5.94. The first kappa shape index (κ1) is 15.9. The standard InChI is InChI=1S/C15H22N2O4/c1-8-3-4-10(5-9(8)2)15(21)16-6-11-13(19)14(20)12(7-18)17-11/h3-5,11-14,17-20H,6-7H2,1-2H3,(H,16,21)/t11-,12-,13-,14-/m1/s1. The molecule has 0 spiro atoms. The average molecular weight is 294 g/mol. The van der Waals surface area contributed by atoms with E-state index in [1.54, 1.807) is 6.07 Å². The number of carbonyl (C=O) groups excluding carboxylic acids is 1. The molecule has 21 heavy (non-hydrogen) atoms. The van der Waals surface area contributed by atoms with Gasteiger partial charge in [0.25, 0.3) is 5.91 Å². The Morgan fingerprint density at radius 1 is 1.19 bits per heavy atom. The van der Waals surface area contributed by atoms with E-state index in [0.717, 1.165) is 11.1 Å². The lowest BCUT2D eigenvalue weighted by atomic mass is 10.1. The first-order valence-electron chi connectivity index (χ1n) is 7.02. The third-order valence-corrected chi connectivity index (χ3v) is 4.05. The highest BCUT2D eigenvalue weighted by Crippen LogP contribution is 2.14. The third kappa shape index (κ3) is 3.41. The van der Waals surface area contributed by atoms with Gasteiger partial charge in [-0.15, -0.1) is 0 Å². The van der Waals surface area contributed by atoms with Crippen molar-refractivity contribution in [1.29, 1.82) is 0 Å². The number of hydrogen-bond acceptors (Lipinski definition) is 5. The Bertz CT molecular complexity index is 520. The molecule has 1 aliphatic rings. The van der Waals surface area contributed by atoms with E-state index in [1.165, 1.54) is 0 Å². The van der Waals surface area contributed by atoms with E-state index < -0.39 is 24.3 Å². The monoisotopic (exact) mass is 294 g/mol. The first-order valence-corrected chi connectivity index (χ1v) is 7.02. The lowest BCUT2D eigenvalue weighted by molar-refractivity contribution is 0.0197. The summed E-state index contributed by atoms with van der Waals surface area (Å²) < 4.78 is 0. The largest absolute Gasteiger partial charge is 0.395 e. The van der Waals surface area contributed by atoms with E-state index in [-0.39, 0.29) is 19.1 Å². The molecule has 4 atom stereocenters. The van der Waals surface area contributed by atoms with Crippen LogP contribution in [0.4, 0.5) is 0 Å². The van der Waals surface area contributed by atoms with Crippen molar-refractivity contribution in [1.82, 2.24) is 10.6 Å². The van der Waals surface area contributed by atoms with E-state index in [0.29, 0.717) is 5.56 Å². The molecule has 1 saturated heterocycles. The van der Waals surface area contributed by atoms with Crippen molar-refractivity contribution in [3.8, 4) is 0 Å². The van der Waals surface area contributed by atoms with Crippen LogP contribution >= 0.6 is 0 Å². The fourth-order valence-electron chi connectivity index (χ4n) is 2.48. The number of aliphatic hydroxyl groups is 3. The quantitative estimate of drug-likeness (QED) is 0.495. The Hall–Kier alpha value is -1.47. The summed E-state index contributed by atoms with van der Waals surface area (Å²) in [7, 11) is 0. The molecule has 0 bridgehead atoms. The van der Waals surface area contributed by atoms with E-state index in [9.17, 15) is 15.0 Å². The Morgan fingerprint density at radius 3 is 2.43 bits per heavy atom. The number of rotatable bonds is 4. The highest BCUT2D eigenvalue weighted by Gasteiger charge is 2.40. The SMILES string of the molecule is Cc1ccc(C(=O)NC[C@H]2N[C@H](CO)[C@@H](O)[C@@H]2O)cc1C. The zero-order chi connectivity index (χ0) is 15.6. The van der Waals surface area contributed by atoms with Crippen LogP contribution in [0.15, 0.2) is 18.2 Å². The maximum Gasteiger partial charge on any atom is 0.251 e. The van der Waals surface area contributed by atoms with Gasteiger partial charge in [0.15, 0.2) is 0 Å². The third-order valence-electron chi connectivity index (χ3n) is 4.05. The average Bonchev–Trinajstić information content (AvgIpc) is 2.75. The molecule has 1 heterocycles. The van der Waals surface area contributed by atoms with Crippen molar-refractivity contribution in [3.63, 3.8) is 0 Å². The predicted molar refractivity (Wildman–Crippen MR) is 78.1 cm³/mol. The first-order chi connectivity index (χ1) is 9.93. The molecule has 2 rings (SSSR count). The molecule has 1 fully saturated rings. The summed E-state index contributed by atoms with van der Waals surface area (Å²) in [4.78, 5) is 12.1. The van der Waals surface area contributed by atoms with E-state index >= 15 is 0 Å². The van der Waals surface area contributed by atoms with Crippen LogP contribution in [0, 0.1) is 13.8 Å². The molecule has 6 nitrogen and oxygen atoms in total. The highest BCUT2D eigenvalue weighted by atomic mass is 16.3. The number of nitrogens with one attached hydrogen (secondary N) is 2. The molecule has 5 N–H and O–H groups in total. The molecule has 0 saturated carbocycles. The maximum atomic E-state index is 12.1. The smallest absolute Gasteiger partial charge is 0.251 e. The van der Waals surface area contributed by atoms with Crippen LogP contribution in [-0.2, 0) is 0 Å². The zero-order valence-corrected chi connectivity index (χ0v) is 12.2. The number of carbonyl (C=O) groups is 1. The molecule has 1 aromatic carbocycles. The molecule has 0 unspecified atom stereocenters. The second kappa shape index (κ2) is 6.53. The molecule has 1 aromatic rings. The van der Waals surface area contributed by atoms with Crippen molar-refractivity contribution in [2.75, 3.05) is 13.2 Å². The summed E-state index contributed by atoms with van der Waals surface area (Å²) in [5, 5.41) is 34.2. The van der Waals surface area contributed by atoms with Gasteiger partial charge in [0.05, 0.1) is 30.9 Å². The molecule has 116 valence electrons. The summed E-state index contributed by atoms with van der Waals surface area (Å²) in [6, 6.07) is 4.41. The Morgan fingerprint density at radius 2 is 1.86 bits per heavy atom. The number of aliphatic hydroxyl groups excluding tert-OH is 3. The van der Waals surface area contributed by atoms with Gasteiger partial charge in [-0.05, 0) is 37.1 Å². The van der Waals surface area contributed by atoms with Gasteiger partial charge in [-0.25, -0.2) is 0 Å². The van der Waals surface area contributed by atoms with Gasteiger partial charge in [0, 0.05) is 12.1 Å². The van der Waals surface area contributed by atoms with E-state index in [2.05, 4.69) is 10.6 Å². The van der Waals surface area contributed by atoms with Gasteiger partial charge in [0.2, 0.25) is 0 Å². The van der Waals surface area contributed by atoms with Crippen LogP contribution < -0.4 is 10.6 Å². The summed E-state index contributed by atoms with van der Waals surface area (Å²) >= 11 is 0. The van der Waals surface area contributed by atoms with E-state index in [1.807, 2.05) is 26.0 Å². The second-order valence-corrected chi connectivity index (χ2v) is 5.55. The Labute approximate surface area is 123 Å². The molecule has 0 radical (unpaired) electrons. The number of aryl methyl sites for hydroxylation is 2. The fourth-order valence-corrected chi connectivity index (χ4v) is 2.48. The molecular weight excluding hydrogens is 272 g/mol. The topological polar surface area (TPSA) is 102 Å². The van der Waals surface area contributed by atoms with Crippen molar-refractivity contribution in [2.24, 2.45) is 0 Å². The second-order valence-electron chi connectivity index (χ2n) is 5.55. The van der Waals surface area contributed by atoms with Crippen LogP contribution in [0.5, 0.6) is 0 Å². The molecule has 0 aromatic heterocycles. The minimum absolute atomic E-state index is 0.181. The van der Waals surface area contributed by atoms with Gasteiger partial charge in [-0.1, -0.05) is 6.07 Å². The Balaban J connectivity index is 1.94. The number of hydrogen-bond donors (Lipinski definition) is 5. The van der Waals surface area contributed by atoms with Crippen LogP contribution in [0.3, 0.4) is 0 Å². The van der Waals surface area contributed by atoms with Crippen molar-refractivity contribution in [2.45, 2.75) is 38.1 Å². The van der Waals surface area contributed by atoms with Gasteiger partial charge >= 0.3 is 0 Å². The minimum atomic E-state index is -1.03. The van der Waals surface area contributed by atoms with Gasteiger partial charge in [0.1, 0.15) is 0 Å². The fraction of sp³-hybridized carbons (Fsp3) is 0.533. The molecule has 1 amide bonds. The zero-order valence-electron chi connectivity index (χ0n) is 12.2. The summed E-state index contributed by atoms with van der Waals surface area (Å²) in [6.07, 6.45) is -2.04. The van der Waals surface area contributed by atoms with Crippen LogP contribution in [0.25, 0.3) is 0 Å². The van der Waals surface area contributed by atoms with Gasteiger partial charge in [-0.3, -0.25) is 4.79 Å². The maximum absolute atomic E-state index is 12.1. The summed E-state index contributed by atoms with van der Waals surface area (Å²) in [5.41, 5.74) is 2.72. The van der Waals surface area contributed by atoms with Crippen molar-refractivity contribution in [3.05, 3.63) is 34.9 Å². The lowest BCUT2D eigenvalue weighted by Crippen LogP contribution is -2.44. The summed E-state index contributed by atoms with van der Waals surface area (Å²) in [5.74, 6) is -0.228. The molecular formula is C15H22N2O4.